The van der Waals surface area contributed by atoms with Gasteiger partial charge in [0.1, 0.15) is 0 Å². The summed E-state index contributed by atoms with van der Waals surface area (Å²) in [4.78, 5) is 18.8. The van der Waals surface area contributed by atoms with Crippen molar-refractivity contribution in [1.82, 2.24) is 15.3 Å². The maximum Gasteiger partial charge on any atom is 0.251 e. The average Bonchev–Trinajstić information content (AvgIpc) is 2.80. The molecule has 1 heterocycles. The van der Waals surface area contributed by atoms with E-state index in [-0.39, 0.29) is 5.91 Å². The van der Waals surface area contributed by atoms with Crippen molar-refractivity contribution in [3.63, 3.8) is 0 Å². The van der Waals surface area contributed by atoms with Gasteiger partial charge < -0.3 is 10.3 Å². The quantitative estimate of drug-likeness (QED) is 0.890. The Kier molecular flexibility index (Phi) is 3.99. The van der Waals surface area contributed by atoms with Gasteiger partial charge in [0.05, 0.1) is 6.33 Å². The minimum atomic E-state index is -0.111. The molecule has 0 saturated heterocycles. The number of carbonyl (C=O) groups excluding carboxylic acids is 1. The van der Waals surface area contributed by atoms with Crippen molar-refractivity contribution in [2.24, 2.45) is 0 Å². The highest BCUT2D eigenvalue weighted by Crippen LogP contribution is 2.14. The third-order valence-electron chi connectivity index (χ3n) is 2.54. The Hall–Kier alpha value is -1.81. The van der Waals surface area contributed by atoms with Crippen molar-refractivity contribution in [2.75, 3.05) is 6.54 Å². The summed E-state index contributed by atoms with van der Waals surface area (Å²) in [5.41, 5.74) is 2.56. The van der Waals surface area contributed by atoms with Crippen LogP contribution in [-0.2, 0) is 6.42 Å². The van der Waals surface area contributed by atoms with E-state index in [4.69, 9.17) is 11.6 Å². The number of aryl methyl sites for hydroxylation is 1. The van der Waals surface area contributed by atoms with Gasteiger partial charge >= 0.3 is 0 Å². The molecule has 0 aliphatic heterocycles. The lowest BCUT2D eigenvalue weighted by Crippen LogP contribution is -2.25. The molecule has 5 heteroatoms. The highest BCUT2D eigenvalue weighted by atomic mass is 35.5. The summed E-state index contributed by atoms with van der Waals surface area (Å²) in [6.07, 6.45) is 4.10. The molecule has 1 amide bonds. The van der Waals surface area contributed by atoms with Crippen molar-refractivity contribution in [3.8, 4) is 0 Å². The third kappa shape index (κ3) is 3.34. The molecule has 18 heavy (non-hydrogen) atoms. The monoisotopic (exact) mass is 263 g/mol. The van der Waals surface area contributed by atoms with E-state index in [2.05, 4.69) is 15.3 Å². The number of hydrogen-bond donors (Lipinski definition) is 2. The summed E-state index contributed by atoms with van der Waals surface area (Å²) in [6.45, 7) is 2.47. The van der Waals surface area contributed by atoms with E-state index in [1.807, 2.05) is 19.1 Å². The summed E-state index contributed by atoms with van der Waals surface area (Å²) in [5, 5.41) is 3.42. The Bertz CT molecular complexity index is 517. The lowest BCUT2D eigenvalue weighted by atomic mass is 10.1. The summed E-state index contributed by atoms with van der Waals surface area (Å²) in [7, 11) is 0. The summed E-state index contributed by atoms with van der Waals surface area (Å²) >= 11 is 5.92. The minimum Gasteiger partial charge on any atom is -0.352 e. The van der Waals surface area contributed by atoms with E-state index < -0.39 is 0 Å². The Morgan fingerprint density at radius 2 is 2.28 bits per heavy atom. The molecular formula is C13H14ClN3O. The van der Waals surface area contributed by atoms with E-state index >= 15 is 0 Å². The molecule has 0 atom stereocenters. The van der Waals surface area contributed by atoms with Crippen LogP contribution in [0.15, 0.2) is 30.7 Å². The SMILES string of the molecule is Cc1cc(Cl)cc(C(=O)NCCc2cnc[nH]2)c1. The second-order valence-corrected chi connectivity index (χ2v) is 4.54. The van der Waals surface area contributed by atoms with Crippen molar-refractivity contribution in [2.45, 2.75) is 13.3 Å². The molecule has 1 aromatic heterocycles. The zero-order chi connectivity index (χ0) is 13.0. The minimum absolute atomic E-state index is 0.111. The lowest BCUT2D eigenvalue weighted by Gasteiger charge is -2.05. The van der Waals surface area contributed by atoms with Crippen LogP contribution >= 0.6 is 11.6 Å². The van der Waals surface area contributed by atoms with Gasteiger partial charge in [-0.2, -0.15) is 0 Å². The van der Waals surface area contributed by atoms with Crippen molar-refractivity contribution < 1.29 is 4.79 Å². The number of nitrogens with zero attached hydrogens (tertiary/aromatic N) is 1. The normalized spacial score (nSPS) is 10.3. The van der Waals surface area contributed by atoms with Crippen LogP contribution in [-0.4, -0.2) is 22.4 Å². The molecule has 0 aliphatic rings. The molecule has 0 aliphatic carbocycles. The van der Waals surface area contributed by atoms with Gasteiger partial charge in [0, 0.05) is 35.4 Å². The van der Waals surface area contributed by atoms with E-state index in [0.717, 1.165) is 17.7 Å². The second-order valence-electron chi connectivity index (χ2n) is 4.10. The fourth-order valence-corrected chi connectivity index (χ4v) is 1.99. The third-order valence-corrected chi connectivity index (χ3v) is 2.76. The summed E-state index contributed by atoms with van der Waals surface area (Å²) in [5.74, 6) is -0.111. The number of halogens is 1. The Morgan fingerprint density at radius 1 is 1.44 bits per heavy atom. The van der Waals surface area contributed by atoms with Gasteiger partial charge in [0.2, 0.25) is 0 Å². The van der Waals surface area contributed by atoms with Crippen LogP contribution < -0.4 is 5.32 Å². The predicted molar refractivity (Wildman–Crippen MR) is 70.8 cm³/mol. The number of imidazole rings is 1. The molecule has 0 bridgehead atoms. The number of aromatic nitrogens is 2. The number of rotatable bonds is 4. The summed E-state index contributed by atoms with van der Waals surface area (Å²) in [6, 6.07) is 5.31. The zero-order valence-corrected chi connectivity index (χ0v) is 10.8. The van der Waals surface area contributed by atoms with E-state index in [1.165, 1.54) is 0 Å². The second kappa shape index (κ2) is 5.69. The molecule has 0 fully saturated rings. The number of nitrogens with one attached hydrogen (secondary N) is 2. The number of hydrogen-bond acceptors (Lipinski definition) is 2. The Balaban J connectivity index is 1.91. The standard InChI is InChI=1S/C13H14ClN3O/c1-9-4-10(6-11(14)5-9)13(18)16-3-2-12-7-15-8-17-12/h4-8H,2-3H2,1H3,(H,15,17)(H,16,18). The van der Waals surface area contributed by atoms with Crippen LogP contribution in [0.2, 0.25) is 5.02 Å². The topological polar surface area (TPSA) is 57.8 Å². The highest BCUT2D eigenvalue weighted by Gasteiger charge is 2.06. The predicted octanol–water partition coefficient (Wildman–Crippen LogP) is 2.34. The number of carbonyl (C=O) groups is 1. The van der Waals surface area contributed by atoms with Crippen molar-refractivity contribution >= 4 is 17.5 Å². The van der Waals surface area contributed by atoms with Crippen molar-refractivity contribution in [1.29, 1.82) is 0 Å². The maximum absolute atomic E-state index is 11.9. The van der Waals surface area contributed by atoms with Gasteiger partial charge in [-0.1, -0.05) is 11.6 Å². The average molecular weight is 264 g/mol. The first kappa shape index (κ1) is 12.6. The fourth-order valence-electron chi connectivity index (χ4n) is 1.70. The van der Waals surface area contributed by atoms with Gasteiger partial charge in [-0.05, 0) is 30.7 Å². The number of H-pyrrole nitrogens is 1. The lowest BCUT2D eigenvalue weighted by molar-refractivity contribution is 0.0954. The fraction of sp³-hybridized carbons (Fsp3) is 0.231. The molecule has 0 saturated carbocycles. The molecule has 1 aromatic carbocycles. The Morgan fingerprint density at radius 3 is 2.94 bits per heavy atom. The van der Waals surface area contributed by atoms with Crippen LogP contribution in [0.1, 0.15) is 21.6 Å². The van der Waals surface area contributed by atoms with Crippen LogP contribution in [0.4, 0.5) is 0 Å². The molecule has 0 radical (unpaired) electrons. The van der Waals surface area contributed by atoms with Crippen LogP contribution in [0.5, 0.6) is 0 Å². The van der Waals surface area contributed by atoms with Gasteiger partial charge in [-0.25, -0.2) is 4.98 Å². The molecule has 0 unspecified atom stereocenters. The van der Waals surface area contributed by atoms with Gasteiger partial charge in [-0.15, -0.1) is 0 Å². The molecule has 94 valence electrons. The van der Waals surface area contributed by atoms with E-state index in [0.29, 0.717) is 17.1 Å². The van der Waals surface area contributed by atoms with E-state index in [9.17, 15) is 4.79 Å². The first-order chi connectivity index (χ1) is 8.65. The highest BCUT2D eigenvalue weighted by molar-refractivity contribution is 6.31. The molecule has 2 N–H and O–H groups in total. The van der Waals surface area contributed by atoms with Crippen LogP contribution in [0.3, 0.4) is 0 Å². The zero-order valence-electron chi connectivity index (χ0n) is 10.0. The maximum atomic E-state index is 11.9. The first-order valence-electron chi connectivity index (χ1n) is 5.68. The first-order valence-corrected chi connectivity index (χ1v) is 6.05. The molecule has 4 nitrogen and oxygen atoms in total. The molecular weight excluding hydrogens is 250 g/mol. The Labute approximate surface area is 110 Å². The largest absolute Gasteiger partial charge is 0.352 e. The number of benzene rings is 1. The van der Waals surface area contributed by atoms with E-state index in [1.54, 1.807) is 18.6 Å². The van der Waals surface area contributed by atoms with Gasteiger partial charge in [0.15, 0.2) is 0 Å². The van der Waals surface area contributed by atoms with Crippen LogP contribution in [0, 0.1) is 6.92 Å². The summed E-state index contributed by atoms with van der Waals surface area (Å²) < 4.78 is 0. The van der Waals surface area contributed by atoms with Gasteiger partial charge in [-0.3, -0.25) is 4.79 Å². The van der Waals surface area contributed by atoms with Crippen molar-refractivity contribution in [3.05, 3.63) is 52.6 Å². The number of aromatic amines is 1. The molecule has 0 spiro atoms. The molecule has 2 aromatic rings. The smallest absolute Gasteiger partial charge is 0.251 e. The number of amides is 1. The molecule has 2 rings (SSSR count). The van der Waals surface area contributed by atoms with Crippen LogP contribution in [0.25, 0.3) is 0 Å². The van der Waals surface area contributed by atoms with Gasteiger partial charge in [0.25, 0.3) is 5.91 Å².